The van der Waals surface area contributed by atoms with E-state index in [1.54, 1.807) is 6.07 Å². The Kier molecular flexibility index (Phi) is 3.68. The Hall–Kier alpha value is -1.15. The summed E-state index contributed by atoms with van der Waals surface area (Å²) in [6.07, 6.45) is 2.12. The van der Waals surface area contributed by atoms with Gasteiger partial charge < -0.3 is 10.2 Å². The van der Waals surface area contributed by atoms with Crippen LogP contribution in [0.5, 0.6) is 0 Å². The van der Waals surface area contributed by atoms with Crippen LogP contribution in [-0.4, -0.2) is 37.7 Å². The number of rotatable bonds is 3. The highest BCUT2D eigenvalue weighted by Gasteiger charge is 2.24. The van der Waals surface area contributed by atoms with E-state index >= 15 is 0 Å². The van der Waals surface area contributed by atoms with Gasteiger partial charge in [-0.3, -0.25) is 4.55 Å². The van der Waals surface area contributed by atoms with Gasteiger partial charge in [0.2, 0.25) is 0 Å². The molecule has 1 saturated heterocycles. The van der Waals surface area contributed by atoms with Crippen LogP contribution in [0, 0.1) is 5.92 Å². The minimum absolute atomic E-state index is 0.0500. The van der Waals surface area contributed by atoms with E-state index in [0.29, 0.717) is 12.5 Å². The van der Waals surface area contributed by atoms with Gasteiger partial charge in [-0.05, 0) is 42.5 Å². The number of hydrazine groups is 1. The molecule has 1 aromatic rings. The average Bonchev–Trinajstić information content (AvgIpc) is 2.80. The minimum Gasteiger partial charge on any atom is -0.381 e. The predicted octanol–water partition coefficient (Wildman–Crippen LogP) is 1.50. The molecule has 110 valence electrons. The van der Waals surface area contributed by atoms with Gasteiger partial charge in [-0.1, -0.05) is 0 Å². The van der Waals surface area contributed by atoms with Crippen LogP contribution < -0.4 is 5.43 Å². The van der Waals surface area contributed by atoms with Crippen LogP contribution in [0.1, 0.15) is 18.4 Å². The van der Waals surface area contributed by atoms with E-state index in [-0.39, 0.29) is 4.90 Å². The van der Waals surface area contributed by atoms with Crippen LogP contribution >= 0.6 is 0 Å². The van der Waals surface area contributed by atoms with E-state index in [0.717, 1.165) is 43.9 Å². The zero-order valence-electron chi connectivity index (χ0n) is 11.1. The van der Waals surface area contributed by atoms with E-state index in [4.69, 9.17) is 9.29 Å². The van der Waals surface area contributed by atoms with Crippen LogP contribution in [0.2, 0.25) is 0 Å². The number of hydrogen-bond acceptors (Lipinski definition) is 5. The fraction of sp³-hybridized carbons (Fsp3) is 0.538. The van der Waals surface area contributed by atoms with Crippen molar-refractivity contribution in [2.45, 2.75) is 24.3 Å². The number of anilines is 1. The zero-order valence-corrected chi connectivity index (χ0v) is 11.9. The van der Waals surface area contributed by atoms with Gasteiger partial charge in [0.1, 0.15) is 0 Å². The van der Waals surface area contributed by atoms with Crippen LogP contribution in [0.15, 0.2) is 23.1 Å². The predicted molar refractivity (Wildman–Crippen MR) is 73.8 cm³/mol. The maximum absolute atomic E-state index is 11.1. The first-order valence-corrected chi connectivity index (χ1v) is 8.16. The van der Waals surface area contributed by atoms with Gasteiger partial charge >= 0.3 is 0 Å². The van der Waals surface area contributed by atoms with Crippen molar-refractivity contribution in [3.63, 3.8) is 0 Å². The summed E-state index contributed by atoms with van der Waals surface area (Å²) in [5, 5.41) is 2.09. The zero-order chi connectivity index (χ0) is 14.2. The summed E-state index contributed by atoms with van der Waals surface area (Å²) < 4.78 is 36.7. The molecule has 0 spiro atoms. The van der Waals surface area contributed by atoms with E-state index < -0.39 is 10.1 Å². The van der Waals surface area contributed by atoms with E-state index in [9.17, 15) is 8.42 Å². The molecule has 0 aliphatic carbocycles. The third-order valence-electron chi connectivity index (χ3n) is 3.83. The third-order valence-corrected chi connectivity index (χ3v) is 4.68. The first-order valence-electron chi connectivity index (χ1n) is 6.72. The largest absolute Gasteiger partial charge is 0.381 e. The molecule has 0 saturated carbocycles. The molecule has 2 aliphatic rings. The topological polar surface area (TPSA) is 78.9 Å². The Morgan fingerprint density at radius 1 is 1.35 bits per heavy atom. The first-order chi connectivity index (χ1) is 9.52. The lowest BCUT2D eigenvalue weighted by molar-refractivity contribution is 0.0557. The molecule has 0 amide bonds. The molecule has 7 heteroatoms. The molecule has 1 aromatic carbocycles. The Morgan fingerprint density at radius 2 is 2.10 bits per heavy atom. The van der Waals surface area contributed by atoms with Crippen LogP contribution in [0.4, 0.5) is 5.69 Å². The van der Waals surface area contributed by atoms with E-state index in [2.05, 4.69) is 10.4 Å². The van der Waals surface area contributed by atoms with Crippen molar-refractivity contribution < 1.29 is 17.7 Å². The molecule has 0 radical (unpaired) electrons. The van der Waals surface area contributed by atoms with Gasteiger partial charge in [0.05, 0.1) is 10.6 Å². The van der Waals surface area contributed by atoms with E-state index in [1.165, 1.54) is 12.1 Å². The number of nitrogens with one attached hydrogen (secondary N) is 1. The summed E-state index contributed by atoms with van der Waals surface area (Å²) in [6, 6.07) is 4.64. The van der Waals surface area contributed by atoms with Crippen molar-refractivity contribution in [3.05, 3.63) is 23.8 Å². The van der Waals surface area contributed by atoms with Crippen molar-refractivity contribution in [2.75, 3.05) is 25.2 Å². The smallest absolute Gasteiger partial charge is 0.294 e. The number of benzene rings is 1. The van der Waals surface area contributed by atoms with E-state index in [1.807, 2.05) is 0 Å². The third kappa shape index (κ3) is 2.95. The fourth-order valence-electron chi connectivity index (χ4n) is 2.74. The monoisotopic (exact) mass is 298 g/mol. The Morgan fingerprint density at radius 3 is 2.80 bits per heavy atom. The lowest BCUT2D eigenvalue weighted by atomic mass is 10.0. The summed E-state index contributed by atoms with van der Waals surface area (Å²) in [7, 11) is -4.13. The van der Waals surface area contributed by atoms with Gasteiger partial charge in [0.25, 0.3) is 10.1 Å². The summed E-state index contributed by atoms with van der Waals surface area (Å²) in [5.74, 6) is 0.603. The van der Waals surface area contributed by atoms with Crippen LogP contribution in [0.25, 0.3) is 0 Å². The summed E-state index contributed by atoms with van der Waals surface area (Å²) in [5.41, 5.74) is 5.08. The molecule has 2 heterocycles. The van der Waals surface area contributed by atoms with Gasteiger partial charge in [0, 0.05) is 26.3 Å². The highest BCUT2D eigenvalue weighted by molar-refractivity contribution is 7.85. The first kappa shape index (κ1) is 13.8. The van der Waals surface area contributed by atoms with Crippen molar-refractivity contribution in [2.24, 2.45) is 5.92 Å². The quantitative estimate of drug-likeness (QED) is 0.823. The average molecular weight is 298 g/mol. The molecule has 0 atom stereocenters. The van der Waals surface area contributed by atoms with Gasteiger partial charge in [-0.15, -0.1) is 0 Å². The maximum atomic E-state index is 11.1. The molecule has 2 N–H and O–H groups in total. The molecule has 20 heavy (non-hydrogen) atoms. The van der Waals surface area contributed by atoms with Crippen molar-refractivity contribution >= 4 is 15.8 Å². The fourth-order valence-corrected chi connectivity index (χ4v) is 3.27. The lowest BCUT2D eigenvalue weighted by Gasteiger charge is -2.26. The molecule has 1 fully saturated rings. The molecule has 6 nitrogen and oxygen atoms in total. The highest BCUT2D eigenvalue weighted by atomic mass is 32.2. The van der Waals surface area contributed by atoms with Crippen molar-refractivity contribution in [1.29, 1.82) is 0 Å². The molecular formula is C13H18N2O4S. The second-order valence-electron chi connectivity index (χ2n) is 5.34. The number of hydrogen-bond donors (Lipinski definition) is 2. The second kappa shape index (κ2) is 5.33. The number of fused-ring (bicyclic) bond motifs is 1. The normalized spacial score (nSPS) is 20.6. The van der Waals surface area contributed by atoms with Crippen LogP contribution in [-0.2, 0) is 21.4 Å². The standard InChI is InChI=1S/C13H18N2O4S/c16-20(17,18)12-1-2-13-11(7-12)9-15(14-13)8-10-3-5-19-6-4-10/h1-2,7,10,14H,3-6,8-9H2,(H,16,17,18). The summed E-state index contributed by atoms with van der Waals surface area (Å²) in [4.78, 5) is -0.0500. The van der Waals surface area contributed by atoms with Gasteiger partial charge in [0.15, 0.2) is 0 Å². The number of ether oxygens (including phenoxy) is 1. The Balaban J connectivity index is 1.69. The van der Waals surface area contributed by atoms with Gasteiger partial charge in [-0.25, -0.2) is 5.01 Å². The highest BCUT2D eigenvalue weighted by Crippen LogP contribution is 2.29. The number of nitrogens with zero attached hydrogens (tertiary/aromatic N) is 1. The molecule has 0 aromatic heterocycles. The molecular weight excluding hydrogens is 280 g/mol. The summed E-state index contributed by atoms with van der Waals surface area (Å²) in [6.45, 7) is 3.20. The van der Waals surface area contributed by atoms with Gasteiger partial charge in [-0.2, -0.15) is 8.42 Å². The SMILES string of the molecule is O=S(=O)(O)c1ccc2c(c1)CN(CC1CCOCC1)N2. The Labute approximate surface area is 118 Å². The van der Waals surface area contributed by atoms with Crippen molar-refractivity contribution in [3.8, 4) is 0 Å². The molecule has 0 bridgehead atoms. The maximum Gasteiger partial charge on any atom is 0.294 e. The van der Waals surface area contributed by atoms with Crippen molar-refractivity contribution in [1.82, 2.24) is 5.01 Å². The van der Waals surface area contributed by atoms with Crippen LogP contribution in [0.3, 0.4) is 0 Å². The molecule has 3 rings (SSSR count). The Bertz CT molecular complexity index is 596. The minimum atomic E-state index is -4.13. The molecule has 0 unspecified atom stereocenters. The summed E-state index contributed by atoms with van der Waals surface area (Å²) >= 11 is 0. The molecule has 2 aliphatic heterocycles. The second-order valence-corrected chi connectivity index (χ2v) is 6.76. The lowest BCUT2D eigenvalue weighted by Crippen LogP contribution is -2.32.